The number of hydrogen-bond donors (Lipinski definition) is 2. The number of H-pyrrole nitrogens is 1. The zero-order valence-corrected chi connectivity index (χ0v) is 18.9. The largest absolute Gasteiger partial charge is 0.480 e. The van der Waals surface area contributed by atoms with Crippen molar-refractivity contribution in [1.82, 2.24) is 24.3 Å². The number of halogens is 4. The Morgan fingerprint density at radius 2 is 1.86 bits per heavy atom. The van der Waals surface area contributed by atoms with E-state index in [-0.39, 0.29) is 5.52 Å². The first-order valence-electron chi connectivity index (χ1n) is 10.1. The molecule has 0 saturated heterocycles. The highest BCUT2D eigenvalue weighted by Gasteiger charge is 2.26. The van der Waals surface area contributed by atoms with Crippen molar-refractivity contribution in [3.63, 3.8) is 0 Å². The van der Waals surface area contributed by atoms with Crippen molar-refractivity contribution in [2.45, 2.75) is 4.90 Å². The maximum absolute atomic E-state index is 15.4. The molecular weight excluding hydrogens is 504 g/mol. The van der Waals surface area contributed by atoms with Gasteiger partial charge in [-0.2, -0.15) is 4.39 Å². The zero-order chi connectivity index (χ0) is 25.6. The Labute approximate surface area is 200 Å². The second-order valence-electron chi connectivity index (χ2n) is 7.37. The number of nitrogens with one attached hydrogen (secondary N) is 2. The fourth-order valence-electron chi connectivity index (χ4n) is 3.63. The van der Waals surface area contributed by atoms with Crippen LogP contribution in [0.1, 0.15) is 0 Å². The standard InChI is InChI=1S/C22H14F4N6O3S/c1-35-22-16(8-11(23)9-29-22)36(33,34)31-14-4-3-13(24)17(18(14)25)12-2-5-15-19(21-27-6-7-28-21)30-10-32(15)20(12)26/h2-10,31H,1H3,(H,27,28). The summed E-state index contributed by atoms with van der Waals surface area (Å²) in [5.41, 5.74) is -1.45. The number of benzene rings is 1. The summed E-state index contributed by atoms with van der Waals surface area (Å²) in [4.78, 5) is 13.8. The number of hydrogen-bond acceptors (Lipinski definition) is 6. The molecule has 0 amide bonds. The van der Waals surface area contributed by atoms with Gasteiger partial charge in [0.2, 0.25) is 11.8 Å². The summed E-state index contributed by atoms with van der Waals surface area (Å²) in [5.74, 6) is -4.67. The fraction of sp³-hybridized carbons (Fsp3) is 0.0455. The van der Waals surface area contributed by atoms with Crippen LogP contribution in [-0.2, 0) is 10.0 Å². The van der Waals surface area contributed by atoms with Crippen molar-refractivity contribution in [2.24, 2.45) is 0 Å². The molecular formula is C22H14F4N6O3S. The molecule has 2 N–H and O–H groups in total. The number of sulfonamides is 1. The van der Waals surface area contributed by atoms with Crippen LogP contribution in [0.15, 0.2) is 60.1 Å². The lowest BCUT2D eigenvalue weighted by Crippen LogP contribution is -2.16. The molecule has 4 aromatic heterocycles. The summed E-state index contributed by atoms with van der Waals surface area (Å²) in [5, 5.41) is 0. The summed E-state index contributed by atoms with van der Waals surface area (Å²) >= 11 is 0. The van der Waals surface area contributed by atoms with E-state index in [0.717, 1.165) is 42.2 Å². The predicted molar refractivity (Wildman–Crippen MR) is 120 cm³/mol. The van der Waals surface area contributed by atoms with Crippen LogP contribution in [-0.4, -0.2) is 39.9 Å². The molecule has 0 saturated carbocycles. The maximum atomic E-state index is 15.4. The number of nitrogens with zero attached hydrogens (tertiary/aromatic N) is 4. The lowest BCUT2D eigenvalue weighted by Gasteiger charge is -2.14. The maximum Gasteiger partial charge on any atom is 0.267 e. The van der Waals surface area contributed by atoms with Gasteiger partial charge in [0, 0.05) is 24.0 Å². The van der Waals surface area contributed by atoms with Crippen molar-refractivity contribution in [3.8, 4) is 28.5 Å². The van der Waals surface area contributed by atoms with E-state index in [1.807, 2.05) is 4.72 Å². The molecule has 4 heterocycles. The minimum Gasteiger partial charge on any atom is -0.480 e. The van der Waals surface area contributed by atoms with Crippen LogP contribution >= 0.6 is 0 Å². The molecule has 0 unspecified atom stereocenters. The van der Waals surface area contributed by atoms with Gasteiger partial charge < -0.3 is 9.72 Å². The lowest BCUT2D eigenvalue weighted by molar-refractivity contribution is 0.382. The Kier molecular flexibility index (Phi) is 5.59. The van der Waals surface area contributed by atoms with Gasteiger partial charge in [0.05, 0.1) is 30.1 Å². The third kappa shape index (κ3) is 3.80. The molecule has 0 aliphatic carbocycles. The quantitative estimate of drug-likeness (QED) is 0.258. The molecule has 36 heavy (non-hydrogen) atoms. The molecule has 14 heteroatoms. The average Bonchev–Trinajstić information content (AvgIpc) is 3.52. The number of rotatable bonds is 6. The molecule has 5 aromatic rings. The van der Waals surface area contributed by atoms with E-state index in [1.54, 1.807) is 6.20 Å². The summed E-state index contributed by atoms with van der Waals surface area (Å²) in [7, 11) is -3.53. The van der Waals surface area contributed by atoms with Crippen molar-refractivity contribution >= 4 is 21.2 Å². The van der Waals surface area contributed by atoms with Gasteiger partial charge >= 0.3 is 0 Å². The van der Waals surface area contributed by atoms with Gasteiger partial charge in [-0.1, -0.05) is 0 Å². The minimum absolute atomic E-state index is 0.273. The number of fused-ring (bicyclic) bond motifs is 1. The van der Waals surface area contributed by atoms with Crippen LogP contribution in [0.25, 0.3) is 28.2 Å². The normalized spacial score (nSPS) is 11.7. The summed E-state index contributed by atoms with van der Waals surface area (Å²) in [6.45, 7) is 0. The first kappa shape index (κ1) is 23.3. The van der Waals surface area contributed by atoms with Crippen molar-refractivity contribution < 1.29 is 30.7 Å². The zero-order valence-electron chi connectivity index (χ0n) is 18.1. The first-order valence-corrected chi connectivity index (χ1v) is 11.6. The van der Waals surface area contributed by atoms with Crippen LogP contribution in [0.2, 0.25) is 0 Å². The molecule has 0 radical (unpaired) electrons. The molecule has 0 bridgehead atoms. The van der Waals surface area contributed by atoms with E-state index >= 15 is 8.78 Å². The summed E-state index contributed by atoms with van der Waals surface area (Å²) in [6, 6.07) is 4.73. The van der Waals surface area contributed by atoms with Crippen molar-refractivity contribution in [3.05, 3.63) is 78.6 Å². The fourth-order valence-corrected chi connectivity index (χ4v) is 4.82. The SMILES string of the molecule is COc1ncc(F)cc1S(=O)(=O)Nc1ccc(F)c(-c2ccc3c(-c4ncc[nH]4)ncn3c2F)c1F. The van der Waals surface area contributed by atoms with Crippen LogP contribution in [0.4, 0.5) is 23.2 Å². The Hall–Kier alpha value is -4.46. The van der Waals surface area contributed by atoms with Crippen LogP contribution in [0.3, 0.4) is 0 Å². The Bertz CT molecular complexity index is 1720. The van der Waals surface area contributed by atoms with Gasteiger partial charge in [-0.25, -0.2) is 36.5 Å². The van der Waals surface area contributed by atoms with Gasteiger partial charge in [0.1, 0.15) is 23.7 Å². The van der Waals surface area contributed by atoms with Crippen LogP contribution in [0, 0.1) is 23.4 Å². The summed E-state index contributed by atoms with van der Waals surface area (Å²) < 4.78 is 92.6. The number of ether oxygens (including phenoxy) is 1. The lowest BCUT2D eigenvalue weighted by atomic mass is 10.0. The Morgan fingerprint density at radius 3 is 2.58 bits per heavy atom. The van der Waals surface area contributed by atoms with Gasteiger partial charge in [-0.05, 0) is 24.3 Å². The molecule has 0 atom stereocenters. The van der Waals surface area contributed by atoms with E-state index in [2.05, 4.69) is 19.9 Å². The number of imidazole rings is 2. The van der Waals surface area contributed by atoms with Crippen LogP contribution in [0.5, 0.6) is 5.88 Å². The predicted octanol–water partition coefficient (Wildman–Crippen LogP) is 4.15. The number of pyridine rings is 2. The van der Waals surface area contributed by atoms with Crippen LogP contribution < -0.4 is 9.46 Å². The topological polar surface area (TPSA) is 114 Å². The van der Waals surface area contributed by atoms with Crippen molar-refractivity contribution in [1.29, 1.82) is 0 Å². The molecule has 0 aliphatic rings. The average molecular weight is 518 g/mol. The molecule has 1 aromatic carbocycles. The number of anilines is 1. The minimum atomic E-state index is -4.64. The second-order valence-corrected chi connectivity index (χ2v) is 9.03. The highest BCUT2D eigenvalue weighted by molar-refractivity contribution is 7.92. The third-order valence-electron chi connectivity index (χ3n) is 5.24. The molecule has 5 rings (SSSR count). The number of methoxy groups -OCH3 is 1. The van der Waals surface area contributed by atoms with E-state index in [9.17, 15) is 17.2 Å². The molecule has 184 valence electrons. The Morgan fingerprint density at radius 1 is 1.06 bits per heavy atom. The number of aromatic nitrogens is 5. The highest BCUT2D eigenvalue weighted by Crippen LogP contribution is 2.35. The van der Waals surface area contributed by atoms with Gasteiger partial charge in [0.25, 0.3) is 10.0 Å². The number of aromatic amines is 1. The van der Waals surface area contributed by atoms with Gasteiger partial charge in [-0.15, -0.1) is 0 Å². The Balaban J connectivity index is 1.60. The summed E-state index contributed by atoms with van der Waals surface area (Å²) in [6.07, 6.45) is 4.90. The monoisotopic (exact) mass is 518 g/mol. The highest BCUT2D eigenvalue weighted by atomic mass is 32.2. The first-order chi connectivity index (χ1) is 17.2. The van der Waals surface area contributed by atoms with E-state index in [1.165, 1.54) is 12.3 Å². The smallest absolute Gasteiger partial charge is 0.267 e. The molecule has 0 aliphatic heterocycles. The second kappa shape index (κ2) is 8.64. The molecule has 0 fully saturated rings. The van der Waals surface area contributed by atoms with E-state index < -0.39 is 61.0 Å². The third-order valence-corrected chi connectivity index (χ3v) is 6.60. The van der Waals surface area contributed by atoms with Gasteiger partial charge in [-0.3, -0.25) is 9.12 Å². The van der Waals surface area contributed by atoms with E-state index in [0.29, 0.717) is 17.6 Å². The van der Waals surface area contributed by atoms with Gasteiger partial charge in [0.15, 0.2) is 16.5 Å². The van der Waals surface area contributed by atoms with E-state index in [4.69, 9.17) is 4.74 Å². The van der Waals surface area contributed by atoms with Crippen molar-refractivity contribution in [2.75, 3.05) is 11.8 Å². The molecule has 0 spiro atoms. The molecule has 9 nitrogen and oxygen atoms in total.